The average molecular weight is 195 g/mol. The van der Waals surface area contributed by atoms with Crippen molar-refractivity contribution in [3.63, 3.8) is 0 Å². The summed E-state index contributed by atoms with van der Waals surface area (Å²) in [6.45, 7) is 4.93. The summed E-state index contributed by atoms with van der Waals surface area (Å²) in [7, 11) is 0. The average Bonchev–Trinajstić information content (AvgIpc) is 2.72. The van der Waals surface area contributed by atoms with Crippen molar-refractivity contribution in [3.05, 3.63) is 0 Å². The predicted octanol–water partition coefficient (Wildman–Crippen LogP) is 3.20. The highest BCUT2D eigenvalue weighted by molar-refractivity contribution is 4.78. The first-order valence-electron chi connectivity index (χ1n) is 6.59. The Labute approximate surface area is 88.7 Å². The zero-order valence-electron chi connectivity index (χ0n) is 9.60. The van der Waals surface area contributed by atoms with E-state index in [1.54, 1.807) is 0 Å². The minimum absolute atomic E-state index is 1.01. The van der Waals surface area contributed by atoms with Crippen LogP contribution < -0.4 is 5.32 Å². The maximum Gasteiger partial charge on any atom is -0.00199 e. The molecule has 0 spiro atoms. The van der Waals surface area contributed by atoms with Crippen LogP contribution in [0.15, 0.2) is 0 Å². The van der Waals surface area contributed by atoms with Crippen LogP contribution in [0.3, 0.4) is 0 Å². The SMILES string of the molecule is CCC1CCC(CC2CCNC2)CC1. The van der Waals surface area contributed by atoms with Crippen LogP contribution in [-0.4, -0.2) is 13.1 Å². The van der Waals surface area contributed by atoms with Gasteiger partial charge in [-0.1, -0.05) is 39.0 Å². The zero-order chi connectivity index (χ0) is 9.80. The molecule has 1 N–H and O–H groups in total. The van der Waals surface area contributed by atoms with Crippen molar-refractivity contribution in [1.29, 1.82) is 0 Å². The fourth-order valence-electron chi connectivity index (χ4n) is 3.26. The number of rotatable bonds is 3. The van der Waals surface area contributed by atoms with Crippen LogP contribution in [0, 0.1) is 17.8 Å². The zero-order valence-corrected chi connectivity index (χ0v) is 9.60. The summed E-state index contributed by atoms with van der Waals surface area (Å²) < 4.78 is 0. The maximum atomic E-state index is 3.48. The van der Waals surface area contributed by atoms with Crippen molar-refractivity contribution < 1.29 is 0 Å². The summed E-state index contributed by atoms with van der Waals surface area (Å²) in [6, 6.07) is 0. The van der Waals surface area contributed by atoms with Gasteiger partial charge in [0.2, 0.25) is 0 Å². The van der Waals surface area contributed by atoms with Crippen molar-refractivity contribution >= 4 is 0 Å². The lowest BCUT2D eigenvalue weighted by atomic mass is 9.77. The van der Waals surface area contributed by atoms with E-state index in [2.05, 4.69) is 12.2 Å². The van der Waals surface area contributed by atoms with Gasteiger partial charge in [0, 0.05) is 0 Å². The molecule has 0 aromatic rings. The van der Waals surface area contributed by atoms with Crippen molar-refractivity contribution in [2.75, 3.05) is 13.1 Å². The topological polar surface area (TPSA) is 12.0 Å². The lowest BCUT2D eigenvalue weighted by Gasteiger charge is -2.29. The standard InChI is InChI=1S/C13H25N/c1-2-11-3-5-12(6-4-11)9-13-7-8-14-10-13/h11-14H,2-10H2,1H3. The van der Waals surface area contributed by atoms with E-state index < -0.39 is 0 Å². The Bertz CT molecular complexity index is 153. The highest BCUT2D eigenvalue weighted by atomic mass is 14.9. The second-order valence-corrected chi connectivity index (χ2v) is 5.39. The molecule has 0 bridgehead atoms. The summed E-state index contributed by atoms with van der Waals surface area (Å²) in [5.74, 6) is 3.15. The summed E-state index contributed by atoms with van der Waals surface area (Å²) in [6.07, 6.45) is 10.4. The summed E-state index contributed by atoms with van der Waals surface area (Å²) in [4.78, 5) is 0. The molecule has 1 nitrogen and oxygen atoms in total. The highest BCUT2D eigenvalue weighted by Crippen LogP contribution is 2.34. The van der Waals surface area contributed by atoms with Gasteiger partial charge in [0.1, 0.15) is 0 Å². The van der Waals surface area contributed by atoms with Crippen LogP contribution in [0.4, 0.5) is 0 Å². The molecule has 2 fully saturated rings. The molecule has 1 aliphatic heterocycles. The molecule has 2 rings (SSSR count). The lowest BCUT2D eigenvalue weighted by Crippen LogP contribution is -2.18. The Morgan fingerprint density at radius 3 is 2.21 bits per heavy atom. The van der Waals surface area contributed by atoms with Gasteiger partial charge in [-0.25, -0.2) is 0 Å². The largest absolute Gasteiger partial charge is 0.316 e. The van der Waals surface area contributed by atoms with Crippen molar-refractivity contribution in [1.82, 2.24) is 5.32 Å². The molecule has 1 saturated carbocycles. The molecule has 0 radical (unpaired) electrons. The van der Waals surface area contributed by atoms with Crippen LogP contribution in [0.1, 0.15) is 51.9 Å². The van der Waals surface area contributed by atoms with Gasteiger partial charge >= 0.3 is 0 Å². The molecule has 14 heavy (non-hydrogen) atoms. The summed E-state index contributed by atoms with van der Waals surface area (Å²) in [5, 5.41) is 3.48. The number of hydrogen-bond acceptors (Lipinski definition) is 1. The van der Waals surface area contributed by atoms with E-state index in [4.69, 9.17) is 0 Å². The van der Waals surface area contributed by atoms with Gasteiger partial charge in [0.25, 0.3) is 0 Å². The third-order valence-electron chi connectivity index (χ3n) is 4.37. The van der Waals surface area contributed by atoms with Crippen LogP contribution in [0.5, 0.6) is 0 Å². The fourth-order valence-corrected chi connectivity index (χ4v) is 3.26. The Morgan fingerprint density at radius 1 is 0.929 bits per heavy atom. The van der Waals surface area contributed by atoms with E-state index in [-0.39, 0.29) is 0 Å². The molecule has 1 aliphatic carbocycles. The molecule has 1 unspecified atom stereocenters. The van der Waals surface area contributed by atoms with Gasteiger partial charge in [-0.2, -0.15) is 0 Å². The molecular formula is C13H25N. The van der Waals surface area contributed by atoms with E-state index in [0.717, 1.165) is 17.8 Å². The number of hydrogen-bond donors (Lipinski definition) is 1. The minimum Gasteiger partial charge on any atom is -0.316 e. The first kappa shape index (κ1) is 10.5. The van der Waals surface area contributed by atoms with E-state index in [0.29, 0.717) is 0 Å². The molecule has 1 saturated heterocycles. The third-order valence-corrected chi connectivity index (χ3v) is 4.37. The summed E-state index contributed by atoms with van der Waals surface area (Å²) in [5.41, 5.74) is 0. The van der Waals surface area contributed by atoms with Gasteiger partial charge in [0.15, 0.2) is 0 Å². The maximum absolute atomic E-state index is 3.48. The van der Waals surface area contributed by atoms with E-state index in [9.17, 15) is 0 Å². The van der Waals surface area contributed by atoms with E-state index >= 15 is 0 Å². The molecule has 0 aromatic heterocycles. The Hall–Kier alpha value is -0.0400. The van der Waals surface area contributed by atoms with Crippen LogP contribution in [0.25, 0.3) is 0 Å². The third kappa shape index (κ3) is 2.73. The number of nitrogens with one attached hydrogen (secondary N) is 1. The van der Waals surface area contributed by atoms with E-state index in [1.807, 2.05) is 0 Å². The normalized spacial score (nSPS) is 38.8. The van der Waals surface area contributed by atoms with Crippen LogP contribution >= 0.6 is 0 Å². The highest BCUT2D eigenvalue weighted by Gasteiger charge is 2.24. The van der Waals surface area contributed by atoms with Gasteiger partial charge in [0.05, 0.1) is 0 Å². The molecule has 0 aromatic carbocycles. The van der Waals surface area contributed by atoms with Gasteiger partial charge in [-0.3, -0.25) is 0 Å². The Morgan fingerprint density at radius 2 is 1.64 bits per heavy atom. The minimum atomic E-state index is 1.01. The Kier molecular flexibility index (Phi) is 3.86. The molecule has 82 valence electrons. The fraction of sp³-hybridized carbons (Fsp3) is 1.00. The quantitative estimate of drug-likeness (QED) is 0.729. The smallest absolute Gasteiger partial charge is 0.00199 e. The van der Waals surface area contributed by atoms with Gasteiger partial charge in [-0.15, -0.1) is 0 Å². The van der Waals surface area contributed by atoms with Gasteiger partial charge in [-0.05, 0) is 43.7 Å². The van der Waals surface area contributed by atoms with E-state index in [1.165, 1.54) is 58.0 Å². The second kappa shape index (κ2) is 5.16. The van der Waals surface area contributed by atoms with Crippen molar-refractivity contribution in [3.8, 4) is 0 Å². The monoisotopic (exact) mass is 195 g/mol. The van der Waals surface area contributed by atoms with Gasteiger partial charge < -0.3 is 5.32 Å². The first-order valence-corrected chi connectivity index (χ1v) is 6.59. The van der Waals surface area contributed by atoms with Crippen molar-refractivity contribution in [2.24, 2.45) is 17.8 Å². The van der Waals surface area contributed by atoms with Crippen LogP contribution in [-0.2, 0) is 0 Å². The predicted molar refractivity (Wildman–Crippen MR) is 61.3 cm³/mol. The summed E-state index contributed by atoms with van der Waals surface area (Å²) >= 11 is 0. The molecular weight excluding hydrogens is 170 g/mol. The Balaban J connectivity index is 1.67. The van der Waals surface area contributed by atoms with Crippen molar-refractivity contribution in [2.45, 2.75) is 51.9 Å². The first-order chi connectivity index (χ1) is 6.88. The van der Waals surface area contributed by atoms with Crippen LogP contribution in [0.2, 0.25) is 0 Å². The second-order valence-electron chi connectivity index (χ2n) is 5.39. The molecule has 0 amide bonds. The molecule has 1 heterocycles. The molecule has 2 aliphatic rings. The lowest BCUT2D eigenvalue weighted by molar-refractivity contribution is 0.236. The molecule has 1 heteroatoms. The molecule has 1 atom stereocenters.